The Labute approximate surface area is 101 Å². The molecule has 0 fully saturated rings. The zero-order valence-corrected chi connectivity index (χ0v) is 11.1. The Morgan fingerprint density at radius 2 is 0.938 bits per heavy atom. The van der Waals surface area contributed by atoms with Crippen LogP contribution < -0.4 is 0 Å². The highest BCUT2D eigenvalue weighted by Gasteiger charge is 1.91. The first-order chi connectivity index (χ1) is 7.70. The van der Waals surface area contributed by atoms with Gasteiger partial charge in [-0.25, -0.2) is 0 Å². The van der Waals surface area contributed by atoms with E-state index in [1.54, 1.807) is 0 Å². The molecule has 1 atom stereocenters. The molecule has 16 heavy (non-hydrogen) atoms. The second kappa shape index (κ2) is 7.19. The molecular weight excluding hydrogens is 211 g/mol. The summed E-state index contributed by atoms with van der Waals surface area (Å²) in [7, 11) is 2.66. The monoisotopic (exact) mass is 230 g/mol. The lowest BCUT2D eigenvalue weighted by Crippen LogP contribution is -1.73. The molecule has 84 valence electrons. The summed E-state index contributed by atoms with van der Waals surface area (Å²) in [6, 6.07) is 20.8. The van der Waals surface area contributed by atoms with Gasteiger partial charge in [0, 0.05) is 0 Å². The SMILES string of the molecule is CC(C)P.c1ccc(-c2ccccc2)cc1. The topological polar surface area (TPSA) is 0 Å². The van der Waals surface area contributed by atoms with E-state index in [9.17, 15) is 0 Å². The van der Waals surface area contributed by atoms with Gasteiger partial charge in [0.25, 0.3) is 0 Å². The van der Waals surface area contributed by atoms with Crippen LogP contribution in [0.4, 0.5) is 0 Å². The first kappa shape index (κ1) is 12.9. The predicted molar refractivity (Wildman–Crippen MR) is 76.7 cm³/mol. The molecule has 2 rings (SSSR count). The number of hydrogen-bond donors (Lipinski definition) is 0. The van der Waals surface area contributed by atoms with Gasteiger partial charge in [-0.05, 0) is 16.8 Å². The molecule has 0 nitrogen and oxygen atoms in total. The van der Waals surface area contributed by atoms with Gasteiger partial charge in [0.2, 0.25) is 0 Å². The van der Waals surface area contributed by atoms with Crippen LogP contribution in [0.25, 0.3) is 11.1 Å². The lowest BCUT2D eigenvalue weighted by Gasteiger charge is -1.98. The second-order valence-corrected chi connectivity index (χ2v) is 5.31. The van der Waals surface area contributed by atoms with E-state index in [4.69, 9.17) is 0 Å². The standard InChI is InChI=1S/C12H10.C3H9P/c1-3-7-11(8-4-1)12-9-5-2-6-10-12;1-3(2)4/h1-10H;3H,4H2,1-2H3. The van der Waals surface area contributed by atoms with Gasteiger partial charge in [0.1, 0.15) is 0 Å². The van der Waals surface area contributed by atoms with Crippen molar-refractivity contribution in [3.05, 3.63) is 60.7 Å². The van der Waals surface area contributed by atoms with Crippen molar-refractivity contribution >= 4 is 9.24 Å². The van der Waals surface area contributed by atoms with E-state index in [-0.39, 0.29) is 0 Å². The third-order valence-corrected chi connectivity index (χ3v) is 1.88. The Bertz CT molecular complexity index is 338. The van der Waals surface area contributed by atoms with E-state index in [0.29, 0.717) is 0 Å². The maximum atomic E-state index is 2.66. The van der Waals surface area contributed by atoms with Gasteiger partial charge in [-0.3, -0.25) is 0 Å². The molecule has 0 spiro atoms. The van der Waals surface area contributed by atoms with Crippen LogP contribution in [0.1, 0.15) is 13.8 Å². The third-order valence-electron chi connectivity index (χ3n) is 1.88. The highest BCUT2D eigenvalue weighted by molar-refractivity contribution is 7.17. The molecule has 0 N–H and O–H groups in total. The summed E-state index contributed by atoms with van der Waals surface area (Å²) < 4.78 is 0. The van der Waals surface area contributed by atoms with Crippen LogP contribution in [-0.4, -0.2) is 5.66 Å². The van der Waals surface area contributed by atoms with Crippen molar-refractivity contribution in [3.8, 4) is 11.1 Å². The first-order valence-electron chi connectivity index (χ1n) is 5.56. The summed E-state index contributed by atoms with van der Waals surface area (Å²) in [6.45, 7) is 4.26. The number of rotatable bonds is 1. The van der Waals surface area contributed by atoms with Crippen molar-refractivity contribution in [1.29, 1.82) is 0 Å². The second-order valence-electron chi connectivity index (χ2n) is 3.98. The summed E-state index contributed by atoms with van der Waals surface area (Å²) >= 11 is 0. The molecule has 0 heterocycles. The molecule has 0 aliphatic heterocycles. The zero-order valence-electron chi connectivity index (χ0n) is 9.93. The van der Waals surface area contributed by atoms with Gasteiger partial charge in [0.15, 0.2) is 0 Å². The van der Waals surface area contributed by atoms with Crippen molar-refractivity contribution < 1.29 is 0 Å². The molecule has 0 aliphatic carbocycles. The zero-order chi connectivity index (χ0) is 11.8. The molecule has 0 aliphatic rings. The average molecular weight is 230 g/mol. The van der Waals surface area contributed by atoms with E-state index in [1.165, 1.54) is 11.1 Å². The van der Waals surface area contributed by atoms with Crippen molar-refractivity contribution in [3.63, 3.8) is 0 Å². The van der Waals surface area contributed by atoms with Crippen LogP contribution in [0.15, 0.2) is 60.7 Å². The Kier molecular flexibility index (Phi) is 5.82. The van der Waals surface area contributed by atoms with Gasteiger partial charge >= 0.3 is 0 Å². The quantitative estimate of drug-likeness (QED) is 0.627. The van der Waals surface area contributed by atoms with Crippen LogP contribution in [-0.2, 0) is 0 Å². The Hall–Kier alpha value is -1.13. The van der Waals surface area contributed by atoms with Crippen molar-refractivity contribution in [2.24, 2.45) is 0 Å². The van der Waals surface area contributed by atoms with Crippen LogP contribution in [0, 0.1) is 0 Å². The molecule has 1 unspecified atom stereocenters. The van der Waals surface area contributed by atoms with Crippen LogP contribution in [0.5, 0.6) is 0 Å². The van der Waals surface area contributed by atoms with Crippen molar-refractivity contribution in [2.45, 2.75) is 19.5 Å². The Balaban J connectivity index is 0.000000280. The molecule has 0 bridgehead atoms. The molecule has 0 radical (unpaired) electrons. The van der Waals surface area contributed by atoms with E-state index in [1.807, 2.05) is 12.1 Å². The minimum Gasteiger partial charge on any atom is -0.135 e. The minimum absolute atomic E-state index is 0.750. The van der Waals surface area contributed by atoms with Crippen LogP contribution >= 0.6 is 9.24 Å². The molecule has 2 aromatic carbocycles. The highest BCUT2D eigenvalue weighted by Crippen LogP contribution is 2.17. The number of benzene rings is 2. The lowest BCUT2D eigenvalue weighted by molar-refractivity contribution is 1.12. The van der Waals surface area contributed by atoms with Crippen molar-refractivity contribution in [2.75, 3.05) is 0 Å². The summed E-state index contributed by atoms with van der Waals surface area (Å²) in [5.41, 5.74) is 3.30. The molecule has 0 amide bonds. The van der Waals surface area contributed by atoms with Crippen LogP contribution in [0.2, 0.25) is 0 Å². The molecule has 1 heteroatoms. The predicted octanol–water partition coefficient (Wildman–Crippen LogP) is 4.62. The summed E-state index contributed by atoms with van der Waals surface area (Å²) in [5, 5.41) is 0. The normalized spacial score (nSPS) is 9.50. The fraction of sp³-hybridized carbons (Fsp3) is 0.200. The molecule has 0 saturated carbocycles. The fourth-order valence-electron chi connectivity index (χ4n) is 1.26. The smallest absolute Gasteiger partial charge is 0.0184 e. The van der Waals surface area contributed by atoms with E-state index in [2.05, 4.69) is 71.6 Å². The molecule has 2 aromatic rings. The maximum Gasteiger partial charge on any atom is -0.0184 e. The fourth-order valence-corrected chi connectivity index (χ4v) is 1.26. The average Bonchev–Trinajstić information content (AvgIpc) is 2.31. The van der Waals surface area contributed by atoms with Gasteiger partial charge < -0.3 is 0 Å². The Morgan fingerprint density at radius 3 is 1.19 bits per heavy atom. The highest BCUT2D eigenvalue weighted by atomic mass is 31.0. The molecular formula is C15H19P. The lowest BCUT2D eigenvalue weighted by atomic mass is 10.1. The largest absolute Gasteiger partial charge is 0.135 e. The summed E-state index contributed by atoms with van der Waals surface area (Å²) in [4.78, 5) is 0. The van der Waals surface area contributed by atoms with E-state index >= 15 is 0 Å². The van der Waals surface area contributed by atoms with Gasteiger partial charge in [-0.1, -0.05) is 74.5 Å². The van der Waals surface area contributed by atoms with Gasteiger partial charge in [-0.15, -0.1) is 9.24 Å². The first-order valence-corrected chi connectivity index (χ1v) is 6.23. The third kappa shape index (κ3) is 5.09. The molecule has 0 aromatic heterocycles. The Morgan fingerprint density at radius 1 is 0.688 bits per heavy atom. The minimum atomic E-state index is 0.750. The van der Waals surface area contributed by atoms with Crippen LogP contribution in [0.3, 0.4) is 0 Å². The molecule has 0 saturated heterocycles. The summed E-state index contributed by atoms with van der Waals surface area (Å²) in [6.07, 6.45) is 0. The van der Waals surface area contributed by atoms with E-state index in [0.717, 1.165) is 5.66 Å². The van der Waals surface area contributed by atoms with Gasteiger partial charge in [-0.2, -0.15) is 0 Å². The van der Waals surface area contributed by atoms with E-state index < -0.39 is 0 Å². The van der Waals surface area contributed by atoms with Gasteiger partial charge in [0.05, 0.1) is 0 Å². The number of hydrogen-bond acceptors (Lipinski definition) is 0. The maximum absolute atomic E-state index is 2.66. The van der Waals surface area contributed by atoms with Crippen molar-refractivity contribution in [1.82, 2.24) is 0 Å². The summed E-state index contributed by atoms with van der Waals surface area (Å²) in [5.74, 6) is 0.